The first-order valence-electron chi connectivity index (χ1n) is 6.19. The highest BCUT2D eigenvalue weighted by Gasteiger charge is 2.11. The first kappa shape index (κ1) is 12.2. The van der Waals surface area contributed by atoms with E-state index in [1.807, 2.05) is 30.3 Å². The Bertz CT molecular complexity index is 725. The van der Waals surface area contributed by atoms with E-state index in [0.717, 1.165) is 5.69 Å². The van der Waals surface area contributed by atoms with Gasteiger partial charge in [0.05, 0.1) is 6.26 Å². The van der Waals surface area contributed by atoms with Crippen LogP contribution in [0.2, 0.25) is 0 Å². The Morgan fingerprint density at radius 1 is 1.15 bits per heavy atom. The zero-order chi connectivity index (χ0) is 13.8. The summed E-state index contributed by atoms with van der Waals surface area (Å²) in [5.41, 5.74) is 0.903. The minimum absolute atomic E-state index is 0.171. The third-order valence-electron chi connectivity index (χ3n) is 2.84. The van der Waals surface area contributed by atoms with E-state index < -0.39 is 0 Å². The van der Waals surface area contributed by atoms with Gasteiger partial charge in [-0.25, -0.2) is 4.98 Å². The van der Waals surface area contributed by atoms with E-state index in [-0.39, 0.29) is 5.78 Å². The summed E-state index contributed by atoms with van der Waals surface area (Å²) >= 11 is 0. The topological polar surface area (TPSA) is 48.0 Å². The molecule has 2 aromatic heterocycles. The second-order valence-corrected chi connectivity index (χ2v) is 4.17. The van der Waals surface area contributed by atoms with Gasteiger partial charge in [-0.3, -0.25) is 9.36 Å². The number of nitrogens with zero attached hydrogens (tertiary/aromatic N) is 2. The van der Waals surface area contributed by atoms with Crippen LogP contribution in [0.1, 0.15) is 16.4 Å². The molecule has 0 fully saturated rings. The first-order valence-corrected chi connectivity index (χ1v) is 6.19. The predicted octanol–water partition coefficient (Wildman–Crippen LogP) is 3.36. The normalized spacial score (nSPS) is 11.0. The quantitative estimate of drug-likeness (QED) is 0.536. The minimum atomic E-state index is -0.171. The van der Waals surface area contributed by atoms with E-state index in [1.165, 1.54) is 6.08 Å². The number of carbonyl (C=O) groups is 1. The molecule has 0 saturated carbocycles. The largest absolute Gasteiger partial charge is 0.465 e. The molecular formula is C16H12N2O2. The number of carbonyl (C=O) groups excluding carboxylic acids is 1. The number of allylic oxidation sites excluding steroid dienone is 1. The van der Waals surface area contributed by atoms with Gasteiger partial charge < -0.3 is 4.42 Å². The lowest BCUT2D eigenvalue weighted by Gasteiger charge is -2.04. The van der Waals surface area contributed by atoms with Gasteiger partial charge in [0.2, 0.25) is 5.78 Å². The third kappa shape index (κ3) is 2.44. The van der Waals surface area contributed by atoms with Gasteiger partial charge >= 0.3 is 0 Å². The van der Waals surface area contributed by atoms with Crippen LogP contribution in [0.4, 0.5) is 0 Å². The standard InChI is InChI=1S/C16H12N2O2/c19-15(9-8-14-7-4-12-20-14)16-17-10-11-18(16)13-5-2-1-3-6-13/h1-12H/b9-8+. The molecule has 0 atom stereocenters. The van der Waals surface area contributed by atoms with E-state index >= 15 is 0 Å². The molecule has 98 valence electrons. The predicted molar refractivity (Wildman–Crippen MR) is 75.6 cm³/mol. The SMILES string of the molecule is O=C(/C=C/c1ccco1)c1nccn1-c1ccccc1. The van der Waals surface area contributed by atoms with Crippen LogP contribution in [-0.2, 0) is 0 Å². The van der Waals surface area contributed by atoms with E-state index in [9.17, 15) is 4.79 Å². The van der Waals surface area contributed by atoms with Crippen molar-refractivity contribution in [2.45, 2.75) is 0 Å². The molecule has 0 amide bonds. The van der Waals surface area contributed by atoms with Gasteiger partial charge in [-0.2, -0.15) is 0 Å². The van der Waals surface area contributed by atoms with Crippen molar-refractivity contribution in [2.24, 2.45) is 0 Å². The Balaban J connectivity index is 1.88. The number of benzene rings is 1. The Labute approximate surface area is 116 Å². The molecule has 2 heterocycles. The molecule has 0 spiro atoms. The summed E-state index contributed by atoms with van der Waals surface area (Å²) in [6.45, 7) is 0. The molecule has 0 aliphatic rings. The molecule has 3 aromatic rings. The van der Waals surface area contributed by atoms with Crippen molar-refractivity contribution < 1.29 is 9.21 Å². The van der Waals surface area contributed by atoms with Crippen molar-refractivity contribution in [1.29, 1.82) is 0 Å². The van der Waals surface area contributed by atoms with E-state index in [1.54, 1.807) is 41.4 Å². The monoisotopic (exact) mass is 264 g/mol. The molecule has 0 radical (unpaired) electrons. The molecular weight excluding hydrogens is 252 g/mol. The minimum Gasteiger partial charge on any atom is -0.465 e. The Morgan fingerprint density at radius 3 is 2.75 bits per heavy atom. The van der Waals surface area contributed by atoms with Crippen molar-refractivity contribution in [3.63, 3.8) is 0 Å². The fraction of sp³-hybridized carbons (Fsp3) is 0. The molecule has 0 saturated heterocycles. The van der Waals surface area contributed by atoms with E-state index in [4.69, 9.17) is 4.42 Å². The molecule has 4 nitrogen and oxygen atoms in total. The van der Waals surface area contributed by atoms with Crippen molar-refractivity contribution in [2.75, 3.05) is 0 Å². The summed E-state index contributed by atoms with van der Waals surface area (Å²) in [5, 5.41) is 0. The Kier molecular flexibility index (Phi) is 3.29. The van der Waals surface area contributed by atoms with Crippen LogP contribution in [0.3, 0.4) is 0 Å². The van der Waals surface area contributed by atoms with Gasteiger partial charge in [-0.05, 0) is 36.4 Å². The van der Waals surface area contributed by atoms with Gasteiger partial charge in [0.25, 0.3) is 0 Å². The number of para-hydroxylation sites is 1. The van der Waals surface area contributed by atoms with Crippen LogP contribution < -0.4 is 0 Å². The third-order valence-corrected chi connectivity index (χ3v) is 2.84. The molecule has 0 aliphatic carbocycles. The Hall–Kier alpha value is -2.88. The number of furan rings is 1. The van der Waals surface area contributed by atoms with Crippen molar-refractivity contribution >= 4 is 11.9 Å². The number of aromatic nitrogens is 2. The second kappa shape index (κ2) is 5.40. The van der Waals surface area contributed by atoms with Crippen LogP contribution >= 0.6 is 0 Å². The van der Waals surface area contributed by atoms with Crippen molar-refractivity contribution in [3.8, 4) is 5.69 Å². The number of imidazole rings is 1. The van der Waals surface area contributed by atoms with Gasteiger partial charge in [0.15, 0.2) is 5.82 Å². The Morgan fingerprint density at radius 2 is 2.00 bits per heavy atom. The van der Waals surface area contributed by atoms with E-state index in [0.29, 0.717) is 11.6 Å². The van der Waals surface area contributed by atoms with Crippen molar-refractivity contribution in [1.82, 2.24) is 9.55 Å². The summed E-state index contributed by atoms with van der Waals surface area (Å²) in [5.74, 6) is 0.838. The molecule has 0 aliphatic heterocycles. The van der Waals surface area contributed by atoms with Crippen molar-refractivity contribution in [3.05, 3.63) is 78.8 Å². The molecule has 1 aromatic carbocycles. The lowest BCUT2D eigenvalue weighted by Crippen LogP contribution is -2.06. The molecule has 4 heteroatoms. The lowest BCUT2D eigenvalue weighted by molar-refractivity contribution is 0.103. The van der Waals surface area contributed by atoms with Crippen LogP contribution in [0.25, 0.3) is 11.8 Å². The molecule has 3 rings (SSSR count). The lowest BCUT2D eigenvalue weighted by atomic mass is 10.2. The summed E-state index contributed by atoms with van der Waals surface area (Å²) in [7, 11) is 0. The van der Waals surface area contributed by atoms with Gasteiger partial charge in [0, 0.05) is 18.1 Å². The maximum atomic E-state index is 12.2. The van der Waals surface area contributed by atoms with Gasteiger partial charge in [-0.1, -0.05) is 18.2 Å². The summed E-state index contributed by atoms with van der Waals surface area (Å²) in [6, 6.07) is 13.2. The zero-order valence-corrected chi connectivity index (χ0v) is 10.6. The highest BCUT2D eigenvalue weighted by Crippen LogP contribution is 2.11. The molecule has 0 bridgehead atoms. The van der Waals surface area contributed by atoms with Crippen LogP contribution in [-0.4, -0.2) is 15.3 Å². The van der Waals surface area contributed by atoms with Crippen LogP contribution in [0.15, 0.2) is 71.6 Å². The highest BCUT2D eigenvalue weighted by molar-refractivity contribution is 6.04. The average molecular weight is 264 g/mol. The average Bonchev–Trinajstić information content (AvgIpc) is 3.17. The molecule has 20 heavy (non-hydrogen) atoms. The fourth-order valence-corrected chi connectivity index (χ4v) is 1.90. The summed E-state index contributed by atoms with van der Waals surface area (Å²) in [6.07, 6.45) is 8.03. The smallest absolute Gasteiger partial charge is 0.221 e. The van der Waals surface area contributed by atoms with Gasteiger partial charge in [-0.15, -0.1) is 0 Å². The maximum Gasteiger partial charge on any atom is 0.221 e. The van der Waals surface area contributed by atoms with Crippen LogP contribution in [0, 0.1) is 0 Å². The summed E-state index contributed by atoms with van der Waals surface area (Å²) in [4.78, 5) is 16.3. The van der Waals surface area contributed by atoms with Crippen LogP contribution in [0.5, 0.6) is 0 Å². The highest BCUT2D eigenvalue weighted by atomic mass is 16.3. The number of hydrogen-bond acceptors (Lipinski definition) is 3. The van der Waals surface area contributed by atoms with Gasteiger partial charge in [0.1, 0.15) is 5.76 Å². The second-order valence-electron chi connectivity index (χ2n) is 4.17. The molecule has 0 N–H and O–H groups in total. The summed E-state index contributed by atoms with van der Waals surface area (Å²) < 4.78 is 6.91. The molecule has 0 unspecified atom stereocenters. The number of rotatable bonds is 4. The van der Waals surface area contributed by atoms with E-state index in [2.05, 4.69) is 4.98 Å². The zero-order valence-electron chi connectivity index (χ0n) is 10.6. The number of ketones is 1. The fourth-order valence-electron chi connectivity index (χ4n) is 1.90. The maximum absolute atomic E-state index is 12.2. The first-order chi connectivity index (χ1) is 9.84. The number of hydrogen-bond donors (Lipinski definition) is 0.